The molecule has 0 spiro atoms. The van der Waals surface area contributed by atoms with Gasteiger partial charge in [-0.05, 0) is 18.8 Å². The van der Waals surface area contributed by atoms with Crippen LogP contribution in [0.25, 0.3) is 0 Å². The molecule has 1 atom stereocenters. The molecule has 1 unspecified atom stereocenters. The zero-order chi connectivity index (χ0) is 13.0. The number of methoxy groups -OCH3 is 1. The van der Waals surface area contributed by atoms with Crippen molar-refractivity contribution in [3.8, 4) is 0 Å². The average Bonchev–Trinajstić information content (AvgIpc) is 2.77. The number of aromatic nitrogens is 2. The highest BCUT2D eigenvalue weighted by atomic mass is 35.5. The molecule has 102 valence electrons. The fraction of sp³-hybridized carbons (Fsp3) is 0.750. The quantitative estimate of drug-likeness (QED) is 0.885. The minimum absolute atomic E-state index is 0.0826. The van der Waals surface area contributed by atoms with E-state index in [4.69, 9.17) is 26.8 Å². The zero-order valence-electron chi connectivity index (χ0n) is 10.6. The van der Waals surface area contributed by atoms with Crippen molar-refractivity contribution in [1.29, 1.82) is 0 Å². The van der Waals surface area contributed by atoms with Gasteiger partial charge >= 0.3 is 0 Å². The van der Waals surface area contributed by atoms with Crippen molar-refractivity contribution in [3.63, 3.8) is 0 Å². The molecule has 18 heavy (non-hydrogen) atoms. The Bertz CT molecular complexity index is 377. The fourth-order valence-electron chi connectivity index (χ4n) is 2.36. The lowest BCUT2D eigenvalue weighted by Crippen LogP contribution is -2.30. The summed E-state index contributed by atoms with van der Waals surface area (Å²) < 4.78 is 12.3. The van der Waals surface area contributed by atoms with Crippen molar-refractivity contribution in [3.05, 3.63) is 16.9 Å². The van der Waals surface area contributed by atoms with Crippen LogP contribution in [0, 0.1) is 5.92 Å². The van der Waals surface area contributed by atoms with E-state index in [1.54, 1.807) is 13.3 Å². The molecule has 0 aromatic carbocycles. The molecular formula is C12H20ClN3O2. The summed E-state index contributed by atoms with van der Waals surface area (Å²) in [5.74, 6) is 0.411. The van der Waals surface area contributed by atoms with Crippen LogP contribution in [0.15, 0.2) is 6.20 Å². The first-order valence-corrected chi connectivity index (χ1v) is 6.65. The second-order valence-corrected chi connectivity index (χ2v) is 4.98. The number of hydrogen-bond donors (Lipinski definition) is 1. The van der Waals surface area contributed by atoms with Crippen LogP contribution in [-0.4, -0.2) is 36.7 Å². The summed E-state index contributed by atoms with van der Waals surface area (Å²) in [6.07, 6.45) is 3.62. The minimum atomic E-state index is -0.0826. The van der Waals surface area contributed by atoms with Gasteiger partial charge in [0.05, 0.1) is 36.1 Å². The molecule has 1 aliphatic rings. The van der Waals surface area contributed by atoms with Crippen LogP contribution in [0.3, 0.4) is 0 Å². The van der Waals surface area contributed by atoms with Gasteiger partial charge in [-0.2, -0.15) is 5.10 Å². The summed E-state index contributed by atoms with van der Waals surface area (Å²) in [5, 5.41) is 4.91. The van der Waals surface area contributed by atoms with Gasteiger partial charge in [0.2, 0.25) is 0 Å². The SMILES string of the molecule is COCCn1ncc(Cl)c1C(N)C1CCOCC1. The molecule has 0 saturated carbocycles. The first-order chi connectivity index (χ1) is 8.74. The number of ether oxygens (including phenoxy) is 2. The number of rotatable bonds is 5. The molecule has 6 heteroatoms. The van der Waals surface area contributed by atoms with Crippen molar-refractivity contribution in [1.82, 2.24) is 9.78 Å². The van der Waals surface area contributed by atoms with Gasteiger partial charge in [-0.1, -0.05) is 11.6 Å². The highest BCUT2D eigenvalue weighted by Gasteiger charge is 2.26. The van der Waals surface area contributed by atoms with Crippen molar-refractivity contribution in [2.45, 2.75) is 25.4 Å². The molecule has 1 aromatic heterocycles. The van der Waals surface area contributed by atoms with E-state index in [0.29, 0.717) is 24.1 Å². The second kappa shape index (κ2) is 6.52. The van der Waals surface area contributed by atoms with E-state index in [2.05, 4.69) is 5.10 Å². The van der Waals surface area contributed by atoms with Crippen molar-refractivity contribution in [2.75, 3.05) is 26.9 Å². The van der Waals surface area contributed by atoms with Gasteiger partial charge in [-0.25, -0.2) is 0 Å². The highest BCUT2D eigenvalue weighted by Crippen LogP contribution is 2.31. The maximum absolute atomic E-state index is 6.35. The molecule has 1 fully saturated rings. The monoisotopic (exact) mass is 273 g/mol. The molecular weight excluding hydrogens is 254 g/mol. The summed E-state index contributed by atoms with van der Waals surface area (Å²) >= 11 is 6.20. The zero-order valence-corrected chi connectivity index (χ0v) is 11.4. The smallest absolute Gasteiger partial charge is 0.0834 e. The van der Waals surface area contributed by atoms with Crippen LogP contribution in [0.4, 0.5) is 0 Å². The Hall–Kier alpha value is -0.620. The van der Waals surface area contributed by atoms with E-state index in [1.807, 2.05) is 4.68 Å². The van der Waals surface area contributed by atoms with Gasteiger partial charge in [0, 0.05) is 20.3 Å². The molecule has 0 amide bonds. The number of nitrogens with two attached hydrogens (primary N) is 1. The Morgan fingerprint density at radius 2 is 2.33 bits per heavy atom. The van der Waals surface area contributed by atoms with E-state index in [-0.39, 0.29) is 6.04 Å². The number of halogens is 1. The second-order valence-electron chi connectivity index (χ2n) is 4.57. The lowest BCUT2D eigenvalue weighted by Gasteiger charge is -2.28. The predicted molar refractivity (Wildman–Crippen MR) is 69.6 cm³/mol. The number of nitrogens with zero attached hydrogens (tertiary/aromatic N) is 2. The van der Waals surface area contributed by atoms with E-state index in [1.165, 1.54) is 0 Å². The van der Waals surface area contributed by atoms with Crippen molar-refractivity contribution < 1.29 is 9.47 Å². The Balaban J connectivity index is 2.12. The minimum Gasteiger partial charge on any atom is -0.383 e. The first kappa shape index (κ1) is 13.8. The fourth-order valence-corrected chi connectivity index (χ4v) is 2.62. The molecule has 0 bridgehead atoms. The summed E-state index contributed by atoms with van der Waals surface area (Å²) in [6.45, 7) is 2.84. The van der Waals surface area contributed by atoms with E-state index >= 15 is 0 Å². The first-order valence-electron chi connectivity index (χ1n) is 6.27. The van der Waals surface area contributed by atoms with Crippen LogP contribution in [0.5, 0.6) is 0 Å². The molecule has 1 aliphatic heterocycles. The largest absolute Gasteiger partial charge is 0.383 e. The molecule has 5 nitrogen and oxygen atoms in total. The van der Waals surface area contributed by atoms with Gasteiger partial charge in [-0.15, -0.1) is 0 Å². The van der Waals surface area contributed by atoms with Crippen LogP contribution in [0.1, 0.15) is 24.6 Å². The average molecular weight is 274 g/mol. The third-order valence-electron chi connectivity index (χ3n) is 3.43. The van der Waals surface area contributed by atoms with Crippen LogP contribution in [-0.2, 0) is 16.0 Å². The lowest BCUT2D eigenvalue weighted by molar-refractivity contribution is 0.0572. The van der Waals surface area contributed by atoms with Gasteiger partial charge in [-0.3, -0.25) is 4.68 Å². The topological polar surface area (TPSA) is 62.3 Å². The Labute approximate surface area is 112 Å². The Kier molecular flexibility index (Phi) is 5.00. The molecule has 2 N–H and O–H groups in total. The Morgan fingerprint density at radius 3 is 3.00 bits per heavy atom. The summed E-state index contributed by atoms with van der Waals surface area (Å²) in [6, 6.07) is -0.0826. The summed E-state index contributed by atoms with van der Waals surface area (Å²) in [7, 11) is 1.67. The summed E-state index contributed by atoms with van der Waals surface area (Å²) in [5.41, 5.74) is 7.26. The highest BCUT2D eigenvalue weighted by molar-refractivity contribution is 6.31. The van der Waals surface area contributed by atoms with Crippen LogP contribution < -0.4 is 5.73 Å². The molecule has 2 rings (SSSR count). The molecule has 1 saturated heterocycles. The predicted octanol–water partition coefficient (Wildman–Crippen LogP) is 1.61. The van der Waals surface area contributed by atoms with Crippen molar-refractivity contribution >= 4 is 11.6 Å². The van der Waals surface area contributed by atoms with Gasteiger partial charge in [0.25, 0.3) is 0 Å². The molecule has 2 heterocycles. The number of hydrogen-bond acceptors (Lipinski definition) is 4. The van der Waals surface area contributed by atoms with E-state index in [9.17, 15) is 0 Å². The summed E-state index contributed by atoms with van der Waals surface area (Å²) in [4.78, 5) is 0. The standard InChI is InChI=1S/C12H20ClN3O2/c1-17-7-4-16-12(10(13)8-15-16)11(14)9-2-5-18-6-3-9/h8-9,11H,2-7,14H2,1H3. The normalized spacial score (nSPS) is 19.1. The van der Waals surface area contributed by atoms with Crippen molar-refractivity contribution in [2.24, 2.45) is 11.7 Å². The van der Waals surface area contributed by atoms with Gasteiger partial charge in [0.15, 0.2) is 0 Å². The third-order valence-corrected chi connectivity index (χ3v) is 3.72. The molecule has 0 aliphatic carbocycles. The molecule has 0 radical (unpaired) electrons. The Morgan fingerprint density at radius 1 is 1.61 bits per heavy atom. The van der Waals surface area contributed by atoms with Gasteiger partial charge in [0.1, 0.15) is 0 Å². The van der Waals surface area contributed by atoms with Crippen LogP contribution >= 0.6 is 11.6 Å². The van der Waals surface area contributed by atoms with E-state index < -0.39 is 0 Å². The molecule has 1 aromatic rings. The maximum Gasteiger partial charge on any atom is 0.0834 e. The lowest BCUT2D eigenvalue weighted by atomic mass is 9.90. The van der Waals surface area contributed by atoms with Gasteiger partial charge < -0.3 is 15.2 Å². The van der Waals surface area contributed by atoms with Crippen LogP contribution in [0.2, 0.25) is 5.02 Å². The maximum atomic E-state index is 6.35. The third kappa shape index (κ3) is 3.03. The van der Waals surface area contributed by atoms with E-state index in [0.717, 1.165) is 31.7 Å².